The molecular formula is C14H20N2O4S. The van der Waals surface area contributed by atoms with Gasteiger partial charge in [-0.05, 0) is 25.5 Å². The van der Waals surface area contributed by atoms with Gasteiger partial charge in [0.15, 0.2) is 9.84 Å². The zero-order valence-electron chi connectivity index (χ0n) is 12.0. The molecule has 1 aromatic carbocycles. The minimum Gasteiger partial charge on any atom is -0.462 e. The number of nitrogens with zero attached hydrogens (tertiary/aromatic N) is 1. The van der Waals surface area contributed by atoms with Crippen molar-refractivity contribution in [3.05, 3.63) is 23.8 Å². The third-order valence-electron chi connectivity index (χ3n) is 3.43. The third-order valence-corrected chi connectivity index (χ3v) is 5.15. The van der Waals surface area contributed by atoms with Crippen molar-refractivity contribution in [1.29, 1.82) is 0 Å². The van der Waals surface area contributed by atoms with Gasteiger partial charge in [0, 0.05) is 13.1 Å². The van der Waals surface area contributed by atoms with Crippen molar-refractivity contribution in [2.24, 2.45) is 0 Å². The van der Waals surface area contributed by atoms with Crippen molar-refractivity contribution in [3.8, 4) is 0 Å². The number of carbonyl (C=O) groups is 1. The van der Waals surface area contributed by atoms with E-state index in [-0.39, 0.29) is 18.1 Å². The number of anilines is 2. The standard InChI is InChI=1S/C14H20N2O4S/c1-2-20-14(17)11-5-3-6-12(15)13(11)16-7-4-9-21(18,19)10-8-16/h3,5-6H,2,4,7-10,15H2,1H3. The van der Waals surface area contributed by atoms with Gasteiger partial charge in [0.05, 0.1) is 35.1 Å². The quantitative estimate of drug-likeness (QED) is 0.663. The van der Waals surface area contributed by atoms with Gasteiger partial charge in [-0.1, -0.05) is 6.07 Å². The molecule has 0 amide bonds. The summed E-state index contributed by atoms with van der Waals surface area (Å²) in [5.41, 5.74) is 7.43. The Morgan fingerprint density at radius 3 is 2.81 bits per heavy atom. The number of carbonyl (C=O) groups excluding carboxylic acids is 1. The van der Waals surface area contributed by atoms with Crippen LogP contribution in [0.1, 0.15) is 23.7 Å². The smallest absolute Gasteiger partial charge is 0.340 e. The normalized spacial score (nSPS) is 18.0. The average molecular weight is 312 g/mol. The molecule has 0 radical (unpaired) electrons. The molecule has 2 rings (SSSR count). The van der Waals surface area contributed by atoms with Crippen LogP contribution < -0.4 is 10.6 Å². The van der Waals surface area contributed by atoms with Crippen LogP contribution in [0.15, 0.2) is 18.2 Å². The van der Waals surface area contributed by atoms with Gasteiger partial charge >= 0.3 is 5.97 Å². The molecule has 0 aromatic heterocycles. The molecule has 1 aliphatic rings. The van der Waals surface area contributed by atoms with Crippen LogP contribution in [0.3, 0.4) is 0 Å². The summed E-state index contributed by atoms with van der Waals surface area (Å²) >= 11 is 0. The number of benzene rings is 1. The van der Waals surface area contributed by atoms with Gasteiger partial charge in [-0.3, -0.25) is 0 Å². The molecule has 1 saturated heterocycles. The number of sulfone groups is 1. The Labute approximate surface area is 124 Å². The fourth-order valence-corrected chi connectivity index (χ4v) is 3.72. The van der Waals surface area contributed by atoms with E-state index >= 15 is 0 Å². The third kappa shape index (κ3) is 3.66. The maximum absolute atomic E-state index is 12.1. The molecule has 0 bridgehead atoms. The summed E-state index contributed by atoms with van der Waals surface area (Å²) < 4.78 is 28.5. The topological polar surface area (TPSA) is 89.7 Å². The Hall–Kier alpha value is -1.76. The zero-order chi connectivity index (χ0) is 15.5. The number of hydrogen-bond donors (Lipinski definition) is 1. The van der Waals surface area contributed by atoms with Gasteiger partial charge in [0.1, 0.15) is 0 Å². The van der Waals surface area contributed by atoms with Gasteiger partial charge in [-0.25, -0.2) is 13.2 Å². The van der Waals surface area contributed by atoms with Crippen LogP contribution in [-0.2, 0) is 14.6 Å². The van der Waals surface area contributed by atoms with Crippen LogP contribution in [0, 0.1) is 0 Å². The maximum Gasteiger partial charge on any atom is 0.340 e. The molecule has 116 valence electrons. The van der Waals surface area contributed by atoms with Crippen LogP contribution in [0.4, 0.5) is 11.4 Å². The van der Waals surface area contributed by atoms with Gasteiger partial charge in [-0.15, -0.1) is 0 Å². The van der Waals surface area contributed by atoms with Gasteiger partial charge < -0.3 is 15.4 Å². The van der Waals surface area contributed by atoms with Crippen LogP contribution in [0.25, 0.3) is 0 Å². The monoisotopic (exact) mass is 312 g/mol. The molecule has 0 spiro atoms. The summed E-state index contributed by atoms with van der Waals surface area (Å²) in [6.45, 7) is 2.91. The highest BCUT2D eigenvalue weighted by Crippen LogP contribution is 2.29. The number of nitrogen functional groups attached to an aromatic ring is 1. The first-order valence-electron chi connectivity index (χ1n) is 6.95. The molecule has 21 heavy (non-hydrogen) atoms. The molecule has 1 heterocycles. The molecule has 0 saturated carbocycles. The Balaban J connectivity index is 2.36. The summed E-state index contributed by atoms with van der Waals surface area (Å²) in [5, 5.41) is 0. The van der Waals surface area contributed by atoms with Crippen molar-refractivity contribution < 1.29 is 17.9 Å². The van der Waals surface area contributed by atoms with Gasteiger partial charge in [-0.2, -0.15) is 0 Å². The number of ether oxygens (including phenoxy) is 1. The van der Waals surface area contributed by atoms with Gasteiger partial charge in [0.2, 0.25) is 0 Å². The summed E-state index contributed by atoms with van der Waals surface area (Å²) in [7, 11) is -3.01. The number of hydrogen-bond acceptors (Lipinski definition) is 6. The molecule has 0 aliphatic carbocycles. The molecular weight excluding hydrogens is 292 g/mol. The van der Waals surface area contributed by atoms with E-state index in [1.54, 1.807) is 25.1 Å². The summed E-state index contributed by atoms with van der Waals surface area (Å²) in [5.74, 6) is -0.193. The van der Waals surface area contributed by atoms with Crippen LogP contribution >= 0.6 is 0 Å². The lowest BCUT2D eigenvalue weighted by Crippen LogP contribution is -2.29. The van der Waals surface area contributed by atoms with Crippen molar-refractivity contribution in [2.75, 3.05) is 41.8 Å². The molecule has 6 nitrogen and oxygen atoms in total. The second-order valence-electron chi connectivity index (χ2n) is 4.96. The fraction of sp³-hybridized carbons (Fsp3) is 0.500. The van der Waals surface area contributed by atoms with Crippen molar-refractivity contribution >= 4 is 27.2 Å². The lowest BCUT2D eigenvalue weighted by atomic mass is 10.1. The van der Waals surface area contributed by atoms with Crippen LogP contribution in [0.5, 0.6) is 0 Å². The van der Waals surface area contributed by atoms with E-state index in [9.17, 15) is 13.2 Å². The average Bonchev–Trinajstić information content (AvgIpc) is 2.60. The van der Waals surface area contributed by atoms with Gasteiger partial charge in [0.25, 0.3) is 0 Å². The summed E-state index contributed by atoms with van der Waals surface area (Å²) in [6.07, 6.45) is 0.527. The van der Waals surface area contributed by atoms with E-state index in [4.69, 9.17) is 10.5 Å². The van der Waals surface area contributed by atoms with E-state index in [2.05, 4.69) is 0 Å². The number of esters is 1. The van der Waals surface area contributed by atoms with Crippen LogP contribution in [-0.4, -0.2) is 45.6 Å². The van der Waals surface area contributed by atoms with Crippen molar-refractivity contribution in [1.82, 2.24) is 0 Å². The second-order valence-corrected chi connectivity index (χ2v) is 7.26. The fourth-order valence-electron chi connectivity index (χ4n) is 2.45. The number of rotatable bonds is 3. The predicted molar refractivity (Wildman–Crippen MR) is 82.3 cm³/mol. The first-order chi connectivity index (χ1) is 9.94. The van der Waals surface area contributed by atoms with Crippen molar-refractivity contribution in [2.45, 2.75) is 13.3 Å². The molecule has 2 N–H and O–H groups in total. The summed E-state index contributed by atoms with van der Waals surface area (Å²) in [6, 6.07) is 5.06. The largest absolute Gasteiger partial charge is 0.462 e. The molecule has 1 fully saturated rings. The van der Waals surface area contributed by atoms with E-state index in [1.165, 1.54) is 0 Å². The lowest BCUT2D eigenvalue weighted by Gasteiger charge is -2.25. The zero-order valence-corrected chi connectivity index (χ0v) is 12.9. The highest BCUT2D eigenvalue weighted by Gasteiger charge is 2.24. The van der Waals surface area contributed by atoms with Crippen molar-refractivity contribution in [3.63, 3.8) is 0 Å². The molecule has 1 aliphatic heterocycles. The first-order valence-corrected chi connectivity index (χ1v) is 8.77. The van der Waals surface area contributed by atoms with E-state index in [0.717, 1.165) is 0 Å². The highest BCUT2D eigenvalue weighted by atomic mass is 32.2. The predicted octanol–water partition coefficient (Wildman–Crippen LogP) is 1.07. The van der Waals surface area contributed by atoms with E-state index < -0.39 is 15.8 Å². The van der Waals surface area contributed by atoms with E-state index in [1.807, 2.05) is 4.90 Å². The lowest BCUT2D eigenvalue weighted by molar-refractivity contribution is 0.0527. The molecule has 1 aromatic rings. The molecule has 7 heteroatoms. The Kier molecular flexibility index (Phi) is 4.72. The molecule has 0 atom stereocenters. The highest BCUT2D eigenvalue weighted by molar-refractivity contribution is 7.91. The Morgan fingerprint density at radius 1 is 1.33 bits per heavy atom. The second kappa shape index (κ2) is 6.34. The first kappa shape index (κ1) is 15.6. The van der Waals surface area contributed by atoms with Crippen LogP contribution in [0.2, 0.25) is 0 Å². The van der Waals surface area contributed by atoms with E-state index in [0.29, 0.717) is 36.4 Å². The maximum atomic E-state index is 12.1. The minimum atomic E-state index is -3.01. The number of para-hydroxylation sites is 1. The Bertz CT molecular complexity index is 628. The minimum absolute atomic E-state index is 0.0730. The molecule has 0 unspecified atom stereocenters. The SMILES string of the molecule is CCOC(=O)c1cccc(N)c1N1CCCS(=O)(=O)CC1. The summed E-state index contributed by atoms with van der Waals surface area (Å²) in [4.78, 5) is 13.9. The Morgan fingerprint density at radius 2 is 2.10 bits per heavy atom. The number of nitrogens with two attached hydrogens (primary N) is 1.